The van der Waals surface area contributed by atoms with E-state index in [1.807, 2.05) is 0 Å². The van der Waals surface area contributed by atoms with E-state index < -0.39 is 50.7 Å². The molecule has 1 rings (SSSR count). The molecule has 8 nitrogen and oxygen atoms in total. The molecule has 0 aliphatic carbocycles. The Kier molecular flexibility index (Phi) is 7.01. The normalized spacial score (nSPS) is 21.0. The Labute approximate surface area is 126 Å². The van der Waals surface area contributed by atoms with Crippen LogP contribution >= 0.6 is 0 Å². The first-order valence-corrected chi connectivity index (χ1v) is 9.22. The number of hydrogen-bond acceptors (Lipinski definition) is 7. The fourth-order valence-electron chi connectivity index (χ4n) is 1.46. The van der Waals surface area contributed by atoms with E-state index in [9.17, 15) is 30.0 Å². The van der Waals surface area contributed by atoms with Gasteiger partial charge in [-0.05, 0) is 6.42 Å². The van der Waals surface area contributed by atoms with E-state index in [1.54, 1.807) is 0 Å². The summed E-state index contributed by atoms with van der Waals surface area (Å²) in [5, 5.41) is 0. The second kappa shape index (κ2) is 7.88. The van der Waals surface area contributed by atoms with Crippen LogP contribution in [0, 0.1) is 0 Å². The quantitative estimate of drug-likeness (QED) is 0.456. The van der Waals surface area contributed by atoms with E-state index >= 15 is 0 Å². The van der Waals surface area contributed by atoms with Crippen LogP contribution in [-0.2, 0) is 33.8 Å². The van der Waals surface area contributed by atoms with Gasteiger partial charge in [0.05, 0.1) is 38.3 Å². The average molecular weight is 371 g/mol. The molecule has 0 aromatic heterocycles. The van der Waals surface area contributed by atoms with Crippen molar-refractivity contribution in [1.29, 1.82) is 0 Å². The van der Waals surface area contributed by atoms with Gasteiger partial charge in [-0.15, -0.1) is 0 Å². The molecule has 0 aromatic carbocycles. The van der Waals surface area contributed by atoms with E-state index in [4.69, 9.17) is 9.47 Å². The molecule has 1 heterocycles. The third kappa shape index (κ3) is 6.75. The highest BCUT2D eigenvalue weighted by atomic mass is 32.2. The lowest BCUT2D eigenvalue weighted by molar-refractivity contribution is -0.0885. The van der Waals surface area contributed by atoms with Crippen LogP contribution < -0.4 is 4.72 Å². The lowest BCUT2D eigenvalue weighted by atomic mass is 10.3. The van der Waals surface area contributed by atoms with Crippen LogP contribution in [0.3, 0.4) is 0 Å². The molecule has 1 aliphatic rings. The Bertz CT molecular complexity index is 540. The molecule has 22 heavy (non-hydrogen) atoms. The van der Waals surface area contributed by atoms with Crippen LogP contribution in [0.25, 0.3) is 0 Å². The van der Waals surface area contributed by atoms with Gasteiger partial charge >= 0.3 is 15.5 Å². The molecule has 1 saturated heterocycles. The van der Waals surface area contributed by atoms with E-state index in [-0.39, 0.29) is 13.0 Å². The summed E-state index contributed by atoms with van der Waals surface area (Å²) >= 11 is 0. The van der Waals surface area contributed by atoms with Gasteiger partial charge in [0.1, 0.15) is 0 Å². The van der Waals surface area contributed by atoms with Gasteiger partial charge in [0.2, 0.25) is 0 Å². The first-order valence-electron chi connectivity index (χ1n) is 6.16. The third-order valence-corrected chi connectivity index (χ3v) is 4.99. The molecule has 0 radical (unpaired) electrons. The van der Waals surface area contributed by atoms with Gasteiger partial charge in [-0.3, -0.25) is 4.18 Å². The summed E-state index contributed by atoms with van der Waals surface area (Å²) in [7, 11) is -9.49. The van der Waals surface area contributed by atoms with Crippen molar-refractivity contribution in [1.82, 2.24) is 4.72 Å². The monoisotopic (exact) mass is 371 g/mol. The second-order valence-electron chi connectivity index (χ2n) is 4.28. The molecule has 13 heteroatoms. The Hall–Kier alpha value is -0.470. The lowest BCUT2D eigenvalue weighted by Crippen LogP contribution is -2.38. The van der Waals surface area contributed by atoms with Gasteiger partial charge in [0.25, 0.3) is 10.1 Å². The lowest BCUT2D eigenvalue weighted by Gasteiger charge is -2.22. The minimum absolute atomic E-state index is 0.108. The SMILES string of the molecule is O=S(=O)(CCC1COCCO1)OCCNS(=O)(=O)C(F)(F)F. The summed E-state index contributed by atoms with van der Waals surface area (Å²) in [6.07, 6.45) is -0.285. The molecule has 1 aliphatic heterocycles. The first kappa shape index (κ1) is 19.6. The molecule has 1 atom stereocenters. The van der Waals surface area contributed by atoms with Crippen molar-refractivity contribution < 1.29 is 43.7 Å². The summed E-state index contributed by atoms with van der Waals surface area (Å²) < 4.78 is 96.1. The van der Waals surface area contributed by atoms with E-state index in [2.05, 4.69) is 4.18 Å². The van der Waals surface area contributed by atoms with E-state index in [0.29, 0.717) is 13.2 Å². The number of halogens is 3. The summed E-state index contributed by atoms with van der Waals surface area (Å²) in [5.74, 6) is -0.410. The zero-order valence-corrected chi connectivity index (χ0v) is 13.0. The van der Waals surface area contributed by atoms with E-state index in [0.717, 1.165) is 0 Å². The largest absolute Gasteiger partial charge is 0.511 e. The van der Waals surface area contributed by atoms with Gasteiger partial charge in [0.15, 0.2) is 0 Å². The van der Waals surface area contributed by atoms with Crippen molar-refractivity contribution in [3.05, 3.63) is 0 Å². The topological polar surface area (TPSA) is 108 Å². The fourth-order valence-corrected chi connectivity index (χ4v) is 2.99. The first-order chi connectivity index (χ1) is 10.0. The van der Waals surface area contributed by atoms with Gasteiger partial charge < -0.3 is 9.47 Å². The highest BCUT2D eigenvalue weighted by Crippen LogP contribution is 2.21. The zero-order chi connectivity index (χ0) is 16.9. The Morgan fingerprint density at radius 1 is 1.18 bits per heavy atom. The molecular weight excluding hydrogens is 355 g/mol. The van der Waals surface area contributed by atoms with Crippen molar-refractivity contribution in [2.24, 2.45) is 0 Å². The van der Waals surface area contributed by atoms with Crippen molar-refractivity contribution >= 4 is 20.1 Å². The summed E-state index contributed by atoms with van der Waals surface area (Å²) in [4.78, 5) is 0. The Morgan fingerprint density at radius 3 is 2.41 bits per heavy atom. The van der Waals surface area contributed by atoms with Crippen molar-refractivity contribution in [2.75, 3.05) is 38.7 Å². The number of ether oxygens (including phenoxy) is 2. The maximum Gasteiger partial charge on any atom is 0.511 e. The average Bonchev–Trinajstić information content (AvgIpc) is 2.42. The maximum atomic E-state index is 12.0. The standard InChI is InChI=1S/C9H16F3NO7S2/c10-9(11,12)22(16,17)13-2-3-20-21(14,15)6-1-8-7-18-4-5-19-8/h8,13H,1-7H2. The molecule has 1 fully saturated rings. The Balaban J connectivity index is 2.28. The minimum Gasteiger partial charge on any atom is -0.376 e. The highest BCUT2D eigenvalue weighted by molar-refractivity contribution is 7.90. The number of alkyl halides is 3. The maximum absolute atomic E-state index is 12.0. The number of sulfonamides is 1. The van der Waals surface area contributed by atoms with Gasteiger partial charge in [-0.2, -0.15) is 21.6 Å². The fraction of sp³-hybridized carbons (Fsp3) is 1.00. The molecule has 0 bridgehead atoms. The van der Waals surface area contributed by atoms with Gasteiger partial charge in [0, 0.05) is 6.54 Å². The van der Waals surface area contributed by atoms with Gasteiger partial charge in [-0.1, -0.05) is 0 Å². The summed E-state index contributed by atoms with van der Waals surface area (Å²) in [6.45, 7) is -0.519. The molecule has 0 amide bonds. The smallest absolute Gasteiger partial charge is 0.376 e. The van der Waals surface area contributed by atoms with Crippen molar-refractivity contribution in [3.8, 4) is 0 Å². The molecular formula is C9H16F3NO7S2. The zero-order valence-electron chi connectivity index (χ0n) is 11.3. The molecule has 0 saturated carbocycles. The van der Waals surface area contributed by atoms with Crippen LogP contribution in [0.5, 0.6) is 0 Å². The molecule has 132 valence electrons. The third-order valence-electron chi connectivity index (χ3n) is 2.54. The van der Waals surface area contributed by atoms with Crippen LogP contribution in [0.4, 0.5) is 13.2 Å². The minimum atomic E-state index is -5.51. The highest BCUT2D eigenvalue weighted by Gasteiger charge is 2.45. The van der Waals surface area contributed by atoms with Crippen LogP contribution in [-0.4, -0.2) is 67.2 Å². The summed E-state index contributed by atoms with van der Waals surface area (Å²) in [6, 6.07) is 0. The predicted octanol–water partition coefficient (Wildman–Crippen LogP) is -0.422. The number of hydrogen-bond donors (Lipinski definition) is 1. The van der Waals surface area contributed by atoms with Crippen LogP contribution in [0.1, 0.15) is 6.42 Å². The van der Waals surface area contributed by atoms with Gasteiger partial charge in [-0.25, -0.2) is 13.1 Å². The van der Waals surface area contributed by atoms with E-state index in [1.165, 1.54) is 4.72 Å². The second-order valence-corrected chi connectivity index (χ2v) is 7.80. The van der Waals surface area contributed by atoms with Crippen molar-refractivity contribution in [2.45, 2.75) is 18.0 Å². The number of nitrogens with one attached hydrogen (secondary N) is 1. The van der Waals surface area contributed by atoms with Crippen LogP contribution in [0.15, 0.2) is 0 Å². The predicted molar refractivity (Wildman–Crippen MR) is 67.9 cm³/mol. The Morgan fingerprint density at radius 2 is 1.86 bits per heavy atom. The molecule has 1 N–H and O–H groups in total. The van der Waals surface area contributed by atoms with Crippen LogP contribution in [0.2, 0.25) is 0 Å². The molecule has 0 aromatic rings. The number of rotatable bonds is 8. The van der Waals surface area contributed by atoms with Crippen molar-refractivity contribution in [3.63, 3.8) is 0 Å². The molecule has 1 unspecified atom stereocenters. The molecule has 0 spiro atoms. The summed E-state index contributed by atoms with van der Waals surface area (Å²) in [5.41, 5.74) is -5.45.